The standard InChI is InChI=1S/C16H17BrFNO/c1-10-5-4-6-15(16(10)18)20-12-7-8-13(11(2)19-3)14(17)9-12/h4-9,11,19H,1-3H3. The quantitative estimate of drug-likeness (QED) is 0.850. The number of ether oxygens (including phenoxy) is 1. The van der Waals surface area contributed by atoms with E-state index in [1.165, 1.54) is 0 Å². The van der Waals surface area contributed by atoms with Crippen LogP contribution in [-0.2, 0) is 0 Å². The number of nitrogens with one attached hydrogen (secondary N) is 1. The number of hydrogen-bond donors (Lipinski definition) is 1. The van der Waals surface area contributed by atoms with Crippen LogP contribution in [-0.4, -0.2) is 7.05 Å². The minimum absolute atomic E-state index is 0.231. The van der Waals surface area contributed by atoms with Gasteiger partial charge in [-0.2, -0.15) is 0 Å². The molecule has 1 unspecified atom stereocenters. The summed E-state index contributed by atoms with van der Waals surface area (Å²) in [6, 6.07) is 11.0. The SMILES string of the molecule is CNC(C)c1ccc(Oc2cccc(C)c2F)cc1Br. The van der Waals surface area contributed by atoms with Gasteiger partial charge in [0.05, 0.1) is 0 Å². The van der Waals surface area contributed by atoms with Crippen LogP contribution in [0.15, 0.2) is 40.9 Å². The summed E-state index contributed by atoms with van der Waals surface area (Å²) in [5.41, 5.74) is 1.70. The van der Waals surface area contributed by atoms with E-state index >= 15 is 0 Å². The predicted molar refractivity (Wildman–Crippen MR) is 82.8 cm³/mol. The van der Waals surface area contributed by atoms with Gasteiger partial charge in [-0.05, 0) is 50.2 Å². The van der Waals surface area contributed by atoms with E-state index in [4.69, 9.17) is 4.74 Å². The molecule has 0 aliphatic heterocycles. The van der Waals surface area contributed by atoms with Crippen LogP contribution in [0.5, 0.6) is 11.5 Å². The monoisotopic (exact) mass is 337 g/mol. The molecule has 0 saturated carbocycles. The van der Waals surface area contributed by atoms with Crippen molar-refractivity contribution >= 4 is 15.9 Å². The summed E-state index contributed by atoms with van der Waals surface area (Å²) in [5, 5.41) is 3.18. The van der Waals surface area contributed by atoms with Gasteiger partial charge < -0.3 is 10.1 Å². The third kappa shape index (κ3) is 3.19. The Labute approximate surface area is 127 Å². The third-order valence-corrected chi connectivity index (χ3v) is 3.94. The van der Waals surface area contributed by atoms with Crippen LogP contribution in [0.4, 0.5) is 4.39 Å². The average Bonchev–Trinajstić information content (AvgIpc) is 2.43. The highest BCUT2D eigenvalue weighted by Gasteiger charge is 2.11. The lowest BCUT2D eigenvalue weighted by Gasteiger charge is -2.14. The molecule has 0 aromatic heterocycles. The van der Waals surface area contributed by atoms with Crippen LogP contribution in [0.1, 0.15) is 24.1 Å². The van der Waals surface area contributed by atoms with Crippen LogP contribution >= 0.6 is 15.9 Å². The second-order valence-electron chi connectivity index (χ2n) is 4.68. The molecular weight excluding hydrogens is 321 g/mol. The molecule has 0 bridgehead atoms. The van der Waals surface area contributed by atoms with Gasteiger partial charge in [0, 0.05) is 10.5 Å². The molecule has 0 heterocycles. The molecular formula is C16H17BrFNO. The fraction of sp³-hybridized carbons (Fsp3) is 0.250. The second kappa shape index (κ2) is 6.37. The zero-order valence-electron chi connectivity index (χ0n) is 11.7. The summed E-state index contributed by atoms with van der Waals surface area (Å²) in [6.45, 7) is 3.79. The maximum Gasteiger partial charge on any atom is 0.168 e. The molecule has 0 radical (unpaired) electrons. The molecule has 0 aliphatic carbocycles. The molecule has 1 N–H and O–H groups in total. The Morgan fingerprint density at radius 2 is 2.00 bits per heavy atom. The Kier molecular flexibility index (Phi) is 4.78. The van der Waals surface area contributed by atoms with Gasteiger partial charge in [0.15, 0.2) is 11.6 Å². The molecule has 2 rings (SSSR count). The van der Waals surface area contributed by atoms with E-state index in [1.54, 1.807) is 25.1 Å². The molecule has 2 aromatic carbocycles. The number of rotatable bonds is 4. The van der Waals surface area contributed by atoms with Crippen LogP contribution < -0.4 is 10.1 Å². The lowest BCUT2D eigenvalue weighted by atomic mass is 10.1. The lowest BCUT2D eigenvalue weighted by Crippen LogP contribution is -2.12. The minimum atomic E-state index is -0.323. The van der Waals surface area contributed by atoms with Crippen LogP contribution in [0.3, 0.4) is 0 Å². The average molecular weight is 338 g/mol. The van der Waals surface area contributed by atoms with Crippen LogP contribution in [0, 0.1) is 12.7 Å². The Morgan fingerprint density at radius 1 is 1.25 bits per heavy atom. The number of aryl methyl sites for hydroxylation is 1. The Balaban J connectivity index is 2.27. The summed E-state index contributed by atoms with van der Waals surface area (Å²) in [7, 11) is 1.91. The highest BCUT2D eigenvalue weighted by atomic mass is 79.9. The molecule has 1 atom stereocenters. The van der Waals surface area contributed by atoms with E-state index in [-0.39, 0.29) is 17.6 Å². The van der Waals surface area contributed by atoms with E-state index < -0.39 is 0 Å². The number of benzene rings is 2. The molecule has 4 heteroatoms. The highest BCUT2D eigenvalue weighted by Crippen LogP contribution is 2.31. The van der Waals surface area contributed by atoms with Crippen molar-refractivity contribution in [3.8, 4) is 11.5 Å². The van der Waals surface area contributed by atoms with Crippen LogP contribution in [0.2, 0.25) is 0 Å². The normalized spacial score (nSPS) is 12.2. The second-order valence-corrected chi connectivity index (χ2v) is 5.54. The minimum Gasteiger partial charge on any atom is -0.454 e. The van der Waals surface area contributed by atoms with Gasteiger partial charge in [0.25, 0.3) is 0 Å². The Morgan fingerprint density at radius 3 is 2.65 bits per heavy atom. The van der Waals surface area contributed by atoms with Gasteiger partial charge in [0.1, 0.15) is 5.75 Å². The van der Waals surface area contributed by atoms with Gasteiger partial charge in [-0.3, -0.25) is 0 Å². The predicted octanol–water partition coefficient (Wildman–Crippen LogP) is 4.97. The van der Waals surface area contributed by atoms with Crippen molar-refractivity contribution in [2.24, 2.45) is 0 Å². The fourth-order valence-electron chi connectivity index (χ4n) is 1.90. The van der Waals surface area contributed by atoms with E-state index in [0.717, 1.165) is 10.0 Å². The van der Waals surface area contributed by atoms with Crippen molar-refractivity contribution in [1.82, 2.24) is 5.32 Å². The van der Waals surface area contributed by atoms with E-state index in [1.807, 2.05) is 25.2 Å². The first-order chi connectivity index (χ1) is 9.52. The summed E-state index contributed by atoms with van der Waals surface area (Å²) in [5.74, 6) is 0.524. The maximum atomic E-state index is 13.9. The summed E-state index contributed by atoms with van der Waals surface area (Å²) < 4.78 is 20.5. The molecule has 0 spiro atoms. The first-order valence-corrected chi connectivity index (χ1v) is 7.22. The molecule has 20 heavy (non-hydrogen) atoms. The molecule has 0 saturated heterocycles. The Hall–Kier alpha value is -1.39. The molecule has 0 fully saturated rings. The van der Waals surface area contributed by atoms with Crippen LogP contribution in [0.25, 0.3) is 0 Å². The third-order valence-electron chi connectivity index (χ3n) is 3.26. The first kappa shape index (κ1) is 15.0. The van der Waals surface area contributed by atoms with Gasteiger partial charge in [-0.1, -0.05) is 34.1 Å². The maximum absolute atomic E-state index is 13.9. The molecule has 0 amide bonds. The van der Waals surface area contributed by atoms with Gasteiger partial charge in [-0.25, -0.2) is 4.39 Å². The Bertz CT molecular complexity index is 615. The largest absolute Gasteiger partial charge is 0.454 e. The van der Waals surface area contributed by atoms with Crippen molar-refractivity contribution < 1.29 is 9.13 Å². The molecule has 0 aliphatic rings. The summed E-state index contributed by atoms with van der Waals surface area (Å²) >= 11 is 3.52. The van der Waals surface area contributed by atoms with Crippen molar-refractivity contribution in [3.63, 3.8) is 0 Å². The zero-order chi connectivity index (χ0) is 14.7. The molecule has 106 valence electrons. The molecule has 2 nitrogen and oxygen atoms in total. The van der Waals surface area contributed by atoms with Gasteiger partial charge >= 0.3 is 0 Å². The summed E-state index contributed by atoms with van der Waals surface area (Å²) in [4.78, 5) is 0. The van der Waals surface area contributed by atoms with E-state index in [2.05, 4.69) is 28.2 Å². The van der Waals surface area contributed by atoms with Gasteiger partial charge in [0.2, 0.25) is 0 Å². The van der Waals surface area contributed by atoms with Crippen molar-refractivity contribution in [2.75, 3.05) is 7.05 Å². The molecule has 2 aromatic rings. The van der Waals surface area contributed by atoms with Crippen molar-refractivity contribution in [3.05, 3.63) is 57.8 Å². The number of hydrogen-bond acceptors (Lipinski definition) is 2. The topological polar surface area (TPSA) is 21.3 Å². The smallest absolute Gasteiger partial charge is 0.168 e. The highest BCUT2D eigenvalue weighted by molar-refractivity contribution is 9.10. The lowest BCUT2D eigenvalue weighted by molar-refractivity contribution is 0.439. The van der Waals surface area contributed by atoms with Crippen molar-refractivity contribution in [1.29, 1.82) is 0 Å². The van der Waals surface area contributed by atoms with E-state index in [0.29, 0.717) is 11.3 Å². The van der Waals surface area contributed by atoms with Gasteiger partial charge in [-0.15, -0.1) is 0 Å². The number of halogens is 2. The summed E-state index contributed by atoms with van der Waals surface area (Å²) in [6.07, 6.45) is 0. The fourth-order valence-corrected chi connectivity index (χ4v) is 2.61. The van der Waals surface area contributed by atoms with Crippen molar-refractivity contribution in [2.45, 2.75) is 19.9 Å². The van der Waals surface area contributed by atoms with E-state index in [9.17, 15) is 4.39 Å². The zero-order valence-corrected chi connectivity index (χ0v) is 13.3. The first-order valence-electron chi connectivity index (χ1n) is 6.42.